The molecule has 0 atom stereocenters. The lowest BCUT2D eigenvalue weighted by molar-refractivity contribution is -0.115. The highest BCUT2D eigenvalue weighted by Gasteiger charge is 2.30. The number of amides is 1. The minimum Gasteiger partial charge on any atom is -0.378 e. The summed E-state index contributed by atoms with van der Waals surface area (Å²) in [6, 6.07) is 6.04. The fourth-order valence-corrected chi connectivity index (χ4v) is 2.82. The molecule has 2 rings (SSSR count). The molecule has 0 radical (unpaired) electrons. The van der Waals surface area contributed by atoms with Crippen LogP contribution >= 0.6 is 11.8 Å². The molecule has 0 spiro atoms. The number of nitrogens with zero attached hydrogens (tertiary/aromatic N) is 2. The SMILES string of the molecule is CC(C)c1cc(N(C)C)ccc1N1C(=N)SCC1=O. The summed E-state index contributed by atoms with van der Waals surface area (Å²) < 4.78 is 0. The largest absolute Gasteiger partial charge is 0.378 e. The zero-order valence-electron chi connectivity index (χ0n) is 11.7. The maximum atomic E-state index is 11.9. The van der Waals surface area contributed by atoms with E-state index in [0.717, 1.165) is 16.9 Å². The first-order valence-electron chi connectivity index (χ1n) is 6.27. The van der Waals surface area contributed by atoms with E-state index in [0.29, 0.717) is 16.8 Å². The molecule has 1 aromatic rings. The minimum atomic E-state index is -0.00509. The Morgan fingerprint density at radius 1 is 1.37 bits per heavy atom. The van der Waals surface area contributed by atoms with Gasteiger partial charge in [-0.3, -0.25) is 15.1 Å². The Bertz CT molecular complexity index is 509. The van der Waals surface area contributed by atoms with Crippen LogP contribution in [0.5, 0.6) is 0 Å². The van der Waals surface area contributed by atoms with Crippen LogP contribution < -0.4 is 9.80 Å². The number of carbonyl (C=O) groups excluding carboxylic acids is 1. The number of rotatable bonds is 3. The number of hydrogen-bond donors (Lipinski definition) is 1. The zero-order valence-corrected chi connectivity index (χ0v) is 12.5. The monoisotopic (exact) mass is 277 g/mol. The number of hydrogen-bond acceptors (Lipinski definition) is 4. The summed E-state index contributed by atoms with van der Waals surface area (Å²) in [5, 5.41) is 8.23. The van der Waals surface area contributed by atoms with Crippen molar-refractivity contribution in [2.45, 2.75) is 19.8 Å². The van der Waals surface area contributed by atoms with Crippen LogP contribution in [0.25, 0.3) is 0 Å². The van der Waals surface area contributed by atoms with E-state index in [1.807, 2.05) is 31.1 Å². The number of amidine groups is 1. The Morgan fingerprint density at radius 2 is 2.05 bits per heavy atom. The maximum absolute atomic E-state index is 11.9. The molecule has 1 heterocycles. The normalized spacial score (nSPS) is 15.5. The van der Waals surface area contributed by atoms with Gasteiger partial charge in [-0.2, -0.15) is 0 Å². The van der Waals surface area contributed by atoms with E-state index in [-0.39, 0.29) is 5.91 Å². The van der Waals surface area contributed by atoms with E-state index in [4.69, 9.17) is 5.41 Å². The second-order valence-corrected chi connectivity index (χ2v) is 6.08. The quantitative estimate of drug-likeness (QED) is 0.924. The average Bonchev–Trinajstić information content (AvgIpc) is 2.68. The van der Waals surface area contributed by atoms with Crippen molar-refractivity contribution in [1.29, 1.82) is 5.41 Å². The molecule has 0 bridgehead atoms. The molecule has 0 aliphatic carbocycles. The number of nitrogens with one attached hydrogen (secondary N) is 1. The molecule has 0 unspecified atom stereocenters. The highest BCUT2D eigenvalue weighted by atomic mass is 32.2. The molecule has 1 amide bonds. The van der Waals surface area contributed by atoms with Gasteiger partial charge in [-0.05, 0) is 29.7 Å². The van der Waals surface area contributed by atoms with Crippen molar-refractivity contribution >= 4 is 34.2 Å². The van der Waals surface area contributed by atoms with Crippen molar-refractivity contribution in [3.63, 3.8) is 0 Å². The summed E-state index contributed by atoms with van der Waals surface area (Å²) in [5.74, 6) is 0.668. The molecule has 1 aromatic carbocycles. The second-order valence-electron chi connectivity index (χ2n) is 5.12. The van der Waals surface area contributed by atoms with E-state index in [9.17, 15) is 4.79 Å². The summed E-state index contributed by atoms with van der Waals surface area (Å²) in [6.07, 6.45) is 0. The Kier molecular flexibility index (Phi) is 3.85. The Hall–Kier alpha value is -1.49. The Labute approximate surface area is 118 Å². The van der Waals surface area contributed by atoms with E-state index in [1.165, 1.54) is 16.7 Å². The van der Waals surface area contributed by atoms with Crippen LogP contribution in [0.15, 0.2) is 18.2 Å². The summed E-state index contributed by atoms with van der Waals surface area (Å²) in [7, 11) is 4.00. The van der Waals surface area contributed by atoms with Crippen molar-refractivity contribution in [3.8, 4) is 0 Å². The molecule has 1 N–H and O–H groups in total. The molecular weight excluding hydrogens is 258 g/mol. The van der Waals surface area contributed by atoms with Gasteiger partial charge in [-0.25, -0.2) is 0 Å². The van der Waals surface area contributed by atoms with Gasteiger partial charge in [0, 0.05) is 19.8 Å². The first-order valence-corrected chi connectivity index (χ1v) is 7.26. The van der Waals surface area contributed by atoms with Gasteiger partial charge in [0.15, 0.2) is 5.17 Å². The van der Waals surface area contributed by atoms with Gasteiger partial charge in [0.05, 0.1) is 11.4 Å². The topological polar surface area (TPSA) is 47.4 Å². The lowest BCUT2D eigenvalue weighted by atomic mass is 9.99. The minimum absolute atomic E-state index is 0.00509. The molecule has 1 fully saturated rings. The Morgan fingerprint density at radius 3 is 2.53 bits per heavy atom. The van der Waals surface area contributed by atoms with Crippen molar-refractivity contribution in [2.75, 3.05) is 29.6 Å². The molecule has 102 valence electrons. The predicted molar refractivity (Wildman–Crippen MR) is 82.5 cm³/mol. The van der Waals surface area contributed by atoms with Crippen LogP contribution in [0.3, 0.4) is 0 Å². The lowest BCUT2D eigenvalue weighted by Crippen LogP contribution is -2.29. The van der Waals surface area contributed by atoms with Crippen LogP contribution in [-0.2, 0) is 4.79 Å². The maximum Gasteiger partial charge on any atom is 0.243 e. The third kappa shape index (κ3) is 2.61. The van der Waals surface area contributed by atoms with E-state index >= 15 is 0 Å². The van der Waals surface area contributed by atoms with Gasteiger partial charge in [-0.1, -0.05) is 25.6 Å². The molecular formula is C14H19N3OS. The highest BCUT2D eigenvalue weighted by Crippen LogP contribution is 2.35. The van der Waals surface area contributed by atoms with Crippen LogP contribution in [-0.4, -0.2) is 30.9 Å². The summed E-state index contributed by atoms with van der Waals surface area (Å²) in [6.45, 7) is 4.21. The number of benzene rings is 1. The van der Waals surface area contributed by atoms with Crippen molar-refractivity contribution < 1.29 is 4.79 Å². The first kappa shape index (κ1) is 13.9. The molecule has 0 saturated carbocycles. The van der Waals surface area contributed by atoms with Gasteiger partial charge >= 0.3 is 0 Å². The van der Waals surface area contributed by atoms with Crippen LogP contribution in [0.4, 0.5) is 11.4 Å². The zero-order chi connectivity index (χ0) is 14.2. The van der Waals surface area contributed by atoms with Crippen LogP contribution in [0.1, 0.15) is 25.3 Å². The number of carbonyl (C=O) groups is 1. The number of anilines is 2. The molecule has 1 aliphatic rings. The third-order valence-corrected chi connectivity index (χ3v) is 4.02. The molecule has 1 aliphatic heterocycles. The smallest absolute Gasteiger partial charge is 0.243 e. The first-order chi connectivity index (χ1) is 8.91. The summed E-state index contributed by atoms with van der Waals surface area (Å²) in [4.78, 5) is 15.5. The van der Waals surface area contributed by atoms with Crippen molar-refractivity contribution in [2.24, 2.45) is 0 Å². The second kappa shape index (κ2) is 5.25. The van der Waals surface area contributed by atoms with E-state index in [1.54, 1.807) is 0 Å². The molecule has 1 saturated heterocycles. The number of thioether (sulfide) groups is 1. The molecule has 0 aromatic heterocycles. The van der Waals surface area contributed by atoms with Gasteiger partial charge in [0.2, 0.25) is 5.91 Å². The van der Waals surface area contributed by atoms with Crippen molar-refractivity contribution in [3.05, 3.63) is 23.8 Å². The average molecular weight is 277 g/mol. The molecule has 4 nitrogen and oxygen atoms in total. The fraction of sp³-hybridized carbons (Fsp3) is 0.429. The van der Waals surface area contributed by atoms with Gasteiger partial charge in [-0.15, -0.1) is 0 Å². The Balaban J connectivity index is 2.51. The van der Waals surface area contributed by atoms with Crippen LogP contribution in [0, 0.1) is 5.41 Å². The summed E-state index contributed by atoms with van der Waals surface area (Å²) >= 11 is 1.29. The van der Waals surface area contributed by atoms with Crippen molar-refractivity contribution in [1.82, 2.24) is 0 Å². The van der Waals surface area contributed by atoms with Gasteiger partial charge in [0.25, 0.3) is 0 Å². The fourth-order valence-electron chi connectivity index (χ4n) is 2.10. The van der Waals surface area contributed by atoms with E-state index in [2.05, 4.69) is 19.9 Å². The molecule has 5 heteroatoms. The van der Waals surface area contributed by atoms with E-state index < -0.39 is 0 Å². The highest BCUT2D eigenvalue weighted by molar-refractivity contribution is 8.15. The molecule has 19 heavy (non-hydrogen) atoms. The van der Waals surface area contributed by atoms with Gasteiger partial charge in [0.1, 0.15) is 0 Å². The standard InChI is InChI=1S/C14H19N3OS/c1-9(2)11-7-10(16(3)4)5-6-12(11)17-13(18)8-19-14(17)15/h5-7,9,15H,8H2,1-4H3. The third-order valence-electron chi connectivity index (χ3n) is 3.18. The van der Waals surface area contributed by atoms with Gasteiger partial charge < -0.3 is 4.90 Å². The summed E-state index contributed by atoms with van der Waals surface area (Å²) in [5.41, 5.74) is 3.06. The lowest BCUT2D eigenvalue weighted by Gasteiger charge is -2.23. The predicted octanol–water partition coefficient (Wildman–Crippen LogP) is 2.89. The van der Waals surface area contributed by atoms with Crippen LogP contribution in [0.2, 0.25) is 0 Å².